The van der Waals surface area contributed by atoms with Gasteiger partial charge >= 0.3 is 0 Å². The Kier molecular flexibility index (Phi) is 9.68. The number of halogens is 1. The van der Waals surface area contributed by atoms with Gasteiger partial charge in [0.1, 0.15) is 5.75 Å². The molecule has 0 saturated heterocycles. The van der Waals surface area contributed by atoms with E-state index in [9.17, 15) is 13.2 Å². The van der Waals surface area contributed by atoms with Gasteiger partial charge in [0.05, 0.1) is 5.25 Å². The van der Waals surface area contributed by atoms with Gasteiger partial charge in [-0.15, -0.1) is 12.4 Å². The number of carbonyl (C=O) groups is 1. The van der Waals surface area contributed by atoms with Crippen molar-refractivity contribution in [2.45, 2.75) is 45.4 Å². The number of amides is 1. The summed E-state index contributed by atoms with van der Waals surface area (Å²) in [6, 6.07) is -0.148. The van der Waals surface area contributed by atoms with Crippen LogP contribution in [0.15, 0.2) is 0 Å². The van der Waals surface area contributed by atoms with Crippen molar-refractivity contribution in [3.05, 3.63) is 0 Å². The molecular formula is C11H25ClN2O3S. The molecule has 1 unspecified atom stereocenters. The van der Waals surface area contributed by atoms with Crippen molar-refractivity contribution in [2.75, 3.05) is 12.3 Å². The summed E-state index contributed by atoms with van der Waals surface area (Å²) < 4.78 is 23.1. The third kappa shape index (κ3) is 7.89. The Morgan fingerprint density at radius 1 is 1.22 bits per heavy atom. The van der Waals surface area contributed by atoms with Crippen LogP contribution >= 0.6 is 12.4 Å². The van der Waals surface area contributed by atoms with Crippen molar-refractivity contribution in [1.82, 2.24) is 5.32 Å². The third-order valence-electron chi connectivity index (χ3n) is 2.46. The molecule has 0 bridgehead atoms. The Morgan fingerprint density at radius 2 is 1.72 bits per heavy atom. The lowest BCUT2D eigenvalue weighted by Crippen LogP contribution is -2.44. The predicted molar refractivity (Wildman–Crippen MR) is 76.6 cm³/mol. The van der Waals surface area contributed by atoms with E-state index in [0.717, 1.165) is 6.42 Å². The molecule has 0 fully saturated rings. The number of sulfone groups is 1. The van der Waals surface area contributed by atoms with Crippen molar-refractivity contribution in [2.24, 2.45) is 11.7 Å². The second kappa shape index (κ2) is 8.72. The minimum atomic E-state index is -3.33. The Balaban J connectivity index is 0. The highest BCUT2D eigenvalue weighted by Crippen LogP contribution is 2.05. The normalized spacial score (nSPS) is 13.3. The van der Waals surface area contributed by atoms with Gasteiger partial charge in [-0.25, -0.2) is 8.42 Å². The molecule has 7 heteroatoms. The molecule has 1 atom stereocenters. The fourth-order valence-electron chi connectivity index (χ4n) is 1.40. The van der Waals surface area contributed by atoms with Crippen molar-refractivity contribution in [3.8, 4) is 0 Å². The van der Waals surface area contributed by atoms with Gasteiger partial charge in [-0.3, -0.25) is 4.79 Å². The Hall–Kier alpha value is -0.330. The molecule has 0 radical (unpaired) electrons. The van der Waals surface area contributed by atoms with Crippen LogP contribution in [0.1, 0.15) is 34.1 Å². The van der Waals surface area contributed by atoms with Crippen molar-refractivity contribution < 1.29 is 13.2 Å². The van der Waals surface area contributed by atoms with Crippen LogP contribution in [0, 0.1) is 5.92 Å². The van der Waals surface area contributed by atoms with Crippen LogP contribution in [0.4, 0.5) is 0 Å². The molecule has 0 spiro atoms. The van der Waals surface area contributed by atoms with E-state index in [2.05, 4.69) is 5.32 Å². The van der Waals surface area contributed by atoms with Crippen LogP contribution in [-0.4, -0.2) is 37.9 Å². The van der Waals surface area contributed by atoms with Crippen LogP contribution in [-0.2, 0) is 14.6 Å². The zero-order valence-corrected chi connectivity index (χ0v) is 13.1. The summed E-state index contributed by atoms with van der Waals surface area (Å²) in [4.78, 5) is 11.6. The standard InChI is InChI=1S/C11H24N2O3S.ClH/c1-8(2)5-10(6-12)13-11(14)7-17(15,16)9(3)4;/h8-10H,5-7,12H2,1-4H3,(H,13,14);1H. The summed E-state index contributed by atoms with van der Waals surface area (Å²) in [6.07, 6.45) is 0.754. The quantitative estimate of drug-likeness (QED) is 0.725. The molecular weight excluding hydrogens is 276 g/mol. The Labute approximate surface area is 116 Å². The number of carbonyl (C=O) groups excluding carboxylic acids is 1. The van der Waals surface area contributed by atoms with Crippen molar-refractivity contribution >= 4 is 28.2 Å². The fraction of sp³-hybridized carbons (Fsp3) is 0.909. The van der Waals surface area contributed by atoms with Gasteiger partial charge in [-0.05, 0) is 26.2 Å². The molecule has 0 saturated carbocycles. The van der Waals surface area contributed by atoms with Gasteiger partial charge in [0, 0.05) is 12.6 Å². The first kappa shape index (κ1) is 20.0. The summed E-state index contributed by atoms with van der Waals surface area (Å²) in [7, 11) is -3.33. The average Bonchev–Trinajstić information content (AvgIpc) is 2.14. The summed E-state index contributed by atoms with van der Waals surface area (Å²) in [5, 5.41) is 2.13. The number of nitrogens with one attached hydrogen (secondary N) is 1. The largest absolute Gasteiger partial charge is 0.351 e. The summed E-state index contributed by atoms with van der Waals surface area (Å²) in [5.74, 6) is -0.514. The topological polar surface area (TPSA) is 89.3 Å². The molecule has 0 rings (SSSR count). The molecule has 1 amide bonds. The van der Waals surface area contributed by atoms with E-state index >= 15 is 0 Å². The molecule has 0 aliphatic carbocycles. The highest BCUT2D eigenvalue weighted by Gasteiger charge is 2.22. The van der Waals surface area contributed by atoms with Gasteiger partial charge in [0.2, 0.25) is 5.91 Å². The lowest BCUT2D eigenvalue weighted by atomic mass is 10.0. The lowest BCUT2D eigenvalue weighted by Gasteiger charge is -2.19. The van der Waals surface area contributed by atoms with Gasteiger partial charge in [0.25, 0.3) is 0 Å². The maximum Gasteiger partial charge on any atom is 0.235 e. The molecule has 0 aliphatic rings. The number of rotatable bonds is 7. The van der Waals surface area contributed by atoms with Crippen LogP contribution in [0.25, 0.3) is 0 Å². The molecule has 3 N–H and O–H groups in total. The van der Waals surface area contributed by atoms with Crippen molar-refractivity contribution in [1.29, 1.82) is 0 Å². The smallest absolute Gasteiger partial charge is 0.235 e. The van der Waals surface area contributed by atoms with E-state index < -0.39 is 26.7 Å². The van der Waals surface area contributed by atoms with E-state index in [-0.39, 0.29) is 18.4 Å². The highest BCUT2D eigenvalue weighted by atomic mass is 35.5. The molecule has 0 heterocycles. The highest BCUT2D eigenvalue weighted by molar-refractivity contribution is 7.92. The number of nitrogens with two attached hydrogens (primary N) is 1. The van der Waals surface area contributed by atoms with Crippen LogP contribution in [0.5, 0.6) is 0 Å². The summed E-state index contributed by atoms with van der Waals surface area (Å²) in [6.45, 7) is 7.51. The molecule has 0 aromatic carbocycles. The number of hydrogen-bond acceptors (Lipinski definition) is 4. The molecule has 5 nitrogen and oxygen atoms in total. The first-order valence-corrected chi connectivity index (χ1v) is 7.61. The second-order valence-electron chi connectivity index (χ2n) is 4.99. The second-order valence-corrected chi connectivity index (χ2v) is 7.54. The van der Waals surface area contributed by atoms with Gasteiger partial charge in [-0.1, -0.05) is 13.8 Å². The molecule has 0 aliphatic heterocycles. The average molecular weight is 301 g/mol. The van der Waals surface area contributed by atoms with Gasteiger partial charge < -0.3 is 11.1 Å². The fourth-order valence-corrected chi connectivity index (χ4v) is 2.18. The minimum absolute atomic E-state index is 0. The Morgan fingerprint density at radius 3 is 2.06 bits per heavy atom. The maximum absolute atomic E-state index is 11.6. The summed E-state index contributed by atoms with van der Waals surface area (Å²) >= 11 is 0. The molecule has 18 heavy (non-hydrogen) atoms. The Bertz CT molecular complexity index is 342. The SMILES string of the molecule is CC(C)CC(CN)NC(=O)CS(=O)(=O)C(C)C.Cl. The van der Waals surface area contributed by atoms with E-state index in [1.165, 1.54) is 0 Å². The van der Waals surface area contributed by atoms with Crippen LogP contribution in [0.3, 0.4) is 0 Å². The molecule has 0 aromatic rings. The zero-order valence-electron chi connectivity index (χ0n) is 11.5. The van der Waals surface area contributed by atoms with Gasteiger partial charge in [-0.2, -0.15) is 0 Å². The number of hydrogen-bond donors (Lipinski definition) is 2. The third-order valence-corrected chi connectivity index (χ3v) is 4.56. The predicted octanol–water partition coefficient (Wildman–Crippen LogP) is 0.721. The van der Waals surface area contributed by atoms with Crippen molar-refractivity contribution in [3.63, 3.8) is 0 Å². The zero-order chi connectivity index (χ0) is 13.6. The van der Waals surface area contributed by atoms with E-state index in [0.29, 0.717) is 12.5 Å². The van der Waals surface area contributed by atoms with Gasteiger partial charge in [0.15, 0.2) is 9.84 Å². The van der Waals surface area contributed by atoms with E-state index in [1.807, 2.05) is 13.8 Å². The first-order chi connectivity index (χ1) is 7.69. The van der Waals surface area contributed by atoms with E-state index in [1.54, 1.807) is 13.8 Å². The first-order valence-electron chi connectivity index (χ1n) is 5.90. The van der Waals surface area contributed by atoms with Crippen LogP contribution in [0.2, 0.25) is 0 Å². The lowest BCUT2D eigenvalue weighted by molar-refractivity contribution is -0.119. The minimum Gasteiger partial charge on any atom is -0.351 e. The maximum atomic E-state index is 11.6. The molecule has 110 valence electrons. The monoisotopic (exact) mass is 300 g/mol. The van der Waals surface area contributed by atoms with E-state index in [4.69, 9.17) is 5.73 Å². The molecule has 0 aromatic heterocycles. The van der Waals surface area contributed by atoms with Crippen LogP contribution < -0.4 is 11.1 Å². The summed E-state index contributed by atoms with van der Waals surface area (Å²) in [5.41, 5.74) is 5.53.